The summed E-state index contributed by atoms with van der Waals surface area (Å²) >= 11 is 0. The average molecular weight is 296 g/mol. The summed E-state index contributed by atoms with van der Waals surface area (Å²) in [7, 11) is 3.47. The van der Waals surface area contributed by atoms with Gasteiger partial charge in [0.15, 0.2) is 0 Å². The second-order valence-electron chi connectivity index (χ2n) is 5.52. The Morgan fingerprint density at radius 1 is 1.27 bits per heavy atom. The third kappa shape index (κ3) is 2.77. The van der Waals surface area contributed by atoms with Crippen LogP contribution in [0.3, 0.4) is 0 Å². The van der Waals surface area contributed by atoms with Crippen LogP contribution in [0.25, 0.3) is 0 Å². The molecule has 0 spiro atoms. The van der Waals surface area contributed by atoms with E-state index in [0.29, 0.717) is 6.54 Å². The molecule has 0 aliphatic carbocycles. The minimum atomic E-state index is 0.0283. The van der Waals surface area contributed by atoms with Gasteiger partial charge in [0, 0.05) is 37.0 Å². The van der Waals surface area contributed by atoms with Crippen molar-refractivity contribution >= 4 is 11.6 Å². The van der Waals surface area contributed by atoms with Crippen molar-refractivity contribution in [3.05, 3.63) is 59.2 Å². The van der Waals surface area contributed by atoms with E-state index in [2.05, 4.69) is 5.32 Å². The number of methoxy groups -OCH3 is 1. The van der Waals surface area contributed by atoms with Crippen LogP contribution in [0.2, 0.25) is 0 Å². The molecule has 22 heavy (non-hydrogen) atoms. The molecule has 1 amide bonds. The summed E-state index contributed by atoms with van der Waals surface area (Å²) in [4.78, 5) is 14.3. The molecule has 2 aromatic carbocycles. The molecule has 0 bridgehead atoms. The van der Waals surface area contributed by atoms with Gasteiger partial charge >= 0.3 is 0 Å². The maximum Gasteiger partial charge on any atom is 0.253 e. The number of hydrogen-bond acceptors (Lipinski definition) is 3. The lowest BCUT2D eigenvalue weighted by Gasteiger charge is -2.19. The lowest BCUT2D eigenvalue weighted by molar-refractivity contribution is 0.0784. The Morgan fingerprint density at radius 3 is 2.91 bits per heavy atom. The van der Waals surface area contributed by atoms with Gasteiger partial charge < -0.3 is 15.0 Å². The fraction of sp³-hybridized carbons (Fsp3) is 0.278. The second kappa shape index (κ2) is 6.10. The van der Waals surface area contributed by atoms with E-state index in [1.807, 2.05) is 49.5 Å². The summed E-state index contributed by atoms with van der Waals surface area (Å²) in [5.41, 5.74) is 4.10. The molecule has 2 aromatic rings. The molecule has 4 heteroatoms. The highest BCUT2D eigenvalue weighted by atomic mass is 16.5. The normalized spacial score (nSPS) is 12.5. The van der Waals surface area contributed by atoms with Crippen LogP contribution in [-0.4, -0.2) is 31.5 Å². The van der Waals surface area contributed by atoms with Gasteiger partial charge in [0.1, 0.15) is 5.75 Å². The van der Waals surface area contributed by atoms with E-state index in [1.54, 1.807) is 12.0 Å². The number of nitrogens with one attached hydrogen (secondary N) is 1. The lowest BCUT2D eigenvalue weighted by atomic mass is 10.1. The van der Waals surface area contributed by atoms with Gasteiger partial charge in [0.2, 0.25) is 0 Å². The molecule has 0 saturated heterocycles. The number of benzene rings is 2. The quantitative estimate of drug-likeness (QED) is 0.943. The monoisotopic (exact) mass is 296 g/mol. The van der Waals surface area contributed by atoms with Crippen LogP contribution < -0.4 is 10.1 Å². The molecular formula is C18H20N2O2. The van der Waals surface area contributed by atoms with Gasteiger partial charge in [-0.1, -0.05) is 18.2 Å². The zero-order chi connectivity index (χ0) is 15.5. The van der Waals surface area contributed by atoms with Gasteiger partial charge in [-0.3, -0.25) is 4.79 Å². The molecule has 0 unspecified atom stereocenters. The third-order valence-corrected chi connectivity index (χ3v) is 4.01. The van der Waals surface area contributed by atoms with Gasteiger partial charge in [-0.2, -0.15) is 0 Å². The van der Waals surface area contributed by atoms with Crippen LogP contribution in [0.5, 0.6) is 5.75 Å². The molecule has 1 aliphatic heterocycles. The SMILES string of the molecule is COc1ccccc1CN(C)C(=O)c1ccc2c(c1)CCN2. The fourth-order valence-corrected chi connectivity index (χ4v) is 2.82. The maximum absolute atomic E-state index is 12.6. The number of fused-ring (bicyclic) bond motifs is 1. The predicted octanol–water partition coefficient (Wildman–Crippen LogP) is 2.94. The number of carbonyl (C=O) groups excluding carboxylic acids is 1. The molecule has 1 N–H and O–H groups in total. The van der Waals surface area contributed by atoms with Crippen LogP contribution in [0.4, 0.5) is 5.69 Å². The van der Waals surface area contributed by atoms with Crippen molar-refractivity contribution in [1.29, 1.82) is 0 Å². The van der Waals surface area contributed by atoms with Crippen molar-refractivity contribution in [3.8, 4) is 5.75 Å². The molecule has 0 saturated carbocycles. The molecule has 4 nitrogen and oxygen atoms in total. The van der Waals surface area contributed by atoms with E-state index >= 15 is 0 Å². The second-order valence-corrected chi connectivity index (χ2v) is 5.52. The molecule has 0 aromatic heterocycles. The number of anilines is 1. The van der Waals surface area contributed by atoms with Crippen LogP contribution in [0.15, 0.2) is 42.5 Å². The number of amides is 1. The largest absolute Gasteiger partial charge is 0.496 e. The topological polar surface area (TPSA) is 41.6 Å². The van der Waals surface area contributed by atoms with Crippen molar-refractivity contribution in [3.63, 3.8) is 0 Å². The number of hydrogen-bond donors (Lipinski definition) is 1. The molecule has 1 aliphatic rings. The molecular weight excluding hydrogens is 276 g/mol. The Balaban J connectivity index is 1.77. The van der Waals surface area contributed by atoms with Crippen LogP contribution in [0, 0.1) is 0 Å². The Morgan fingerprint density at radius 2 is 2.09 bits per heavy atom. The first-order valence-corrected chi connectivity index (χ1v) is 7.43. The zero-order valence-electron chi connectivity index (χ0n) is 12.9. The van der Waals surface area contributed by atoms with Crippen LogP contribution in [-0.2, 0) is 13.0 Å². The smallest absolute Gasteiger partial charge is 0.253 e. The van der Waals surface area contributed by atoms with E-state index < -0.39 is 0 Å². The van der Waals surface area contributed by atoms with E-state index in [1.165, 1.54) is 5.56 Å². The fourth-order valence-electron chi connectivity index (χ4n) is 2.82. The summed E-state index contributed by atoms with van der Waals surface area (Å²) in [6.07, 6.45) is 0.979. The third-order valence-electron chi connectivity index (χ3n) is 4.01. The van der Waals surface area contributed by atoms with Gasteiger partial charge in [-0.05, 0) is 36.2 Å². The van der Waals surface area contributed by atoms with Crippen LogP contribution >= 0.6 is 0 Å². The first-order chi connectivity index (χ1) is 10.7. The molecule has 0 fully saturated rings. The van der Waals surface area contributed by atoms with Crippen molar-refractivity contribution in [2.45, 2.75) is 13.0 Å². The Bertz CT molecular complexity index is 697. The number of ether oxygens (including phenoxy) is 1. The van der Waals surface area contributed by atoms with Crippen molar-refractivity contribution in [2.75, 3.05) is 26.0 Å². The molecule has 3 rings (SSSR count). The van der Waals surface area contributed by atoms with Gasteiger partial charge in [0.25, 0.3) is 5.91 Å². The maximum atomic E-state index is 12.6. The Hall–Kier alpha value is -2.49. The highest BCUT2D eigenvalue weighted by Crippen LogP contribution is 2.24. The number of carbonyl (C=O) groups is 1. The average Bonchev–Trinajstić information content (AvgIpc) is 3.02. The van der Waals surface area contributed by atoms with Crippen LogP contribution in [0.1, 0.15) is 21.5 Å². The summed E-state index contributed by atoms with van der Waals surface area (Å²) in [5.74, 6) is 0.834. The first kappa shape index (κ1) is 14.4. The standard InChI is InChI=1S/C18H20N2O2/c1-20(12-15-5-3-4-6-17(15)22-2)18(21)14-7-8-16-13(11-14)9-10-19-16/h3-8,11,19H,9-10,12H2,1-2H3. The number of para-hydroxylation sites is 1. The minimum Gasteiger partial charge on any atom is -0.496 e. The summed E-state index contributed by atoms with van der Waals surface area (Å²) in [6.45, 7) is 1.47. The Labute approximate surface area is 130 Å². The van der Waals surface area contributed by atoms with E-state index in [9.17, 15) is 4.79 Å². The first-order valence-electron chi connectivity index (χ1n) is 7.43. The molecule has 114 valence electrons. The lowest BCUT2D eigenvalue weighted by Crippen LogP contribution is -2.26. The summed E-state index contributed by atoms with van der Waals surface area (Å²) in [6, 6.07) is 13.7. The number of nitrogens with zero attached hydrogens (tertiary/aromatic N) is 1. The summed E-state index contributed by atoms with van der Waals surface area (Å²) < 4.78 is 5.35. The highest BCUT2D eigenvalue weighted by molar-refractivity contribution is 5.95. The molecule has 0 atom stereocenters. The molecule has 0 radical (unpaired) electrons. The number of rotatable bonds is 4. The van der Waals surface area contributed by atoms with Gasteiger partial charge in [0.05, 0.1) is 7.11 Å². The van der Waals surface area contributed by atoms with Gasteiger partial charge in [-0.15, -0.1) is 0 Å². The Kier molecular flexibility index (Phi) is 4.00. The van der Waals surface area contributed by atoms with Gasteiger partial charge in [-0.25, -0.2) is 0 Å². The highest BCUT2D eigenvalue weighted by Gasteiger charge is 2.17. The summed E-state index contributed by atoms with van der Waals surface area (Å²) in [5, 5.41) is 3.31. The van der Waals surface area contributed by atoms with E-state index in [-0.39, 0.29) is 5.91 Å². The van der Waals surface area contributed by atoms with Crippen molar-refractivity contribution < 1.29 is 9.53 Å². The zero-order valence-corrected chi connectivity index (χ0v) is 12.9. The van der Waals surface area contributed by atoms with E-state index in [0.717, 1.165) is 35.5 Å². The minimum absolute atomic E-state index is 0.0283. The van der Waals surface area contributed by atoms with Crippen molar-refractivity contribution in [1.82, 2.24) is 4.90 Å². The molecule has 1 heterocycles. The predicted molar refractivity (Wildman–Crippen MR) is 87.4 cm³/mol. The van der Waals surface area contributed by atoms with E-state index in [4.69, 9.17) is 4.74 Å². The van der Waals surface area contributed by atoms with Crippen molar-refractivity contribution in [2.24, 2.45) is 0 Å².